The molecule has 1 aromatic carbocycles. The molecule has 0 saturated carbocycles. The van der Waals surface area contributed by atoms with Gasteiger partial charge in [-0.05, 0) is 12.1 Å². The van der Waals surface area contributed by atoms with Crippen LogP contribution in [0, 0.1) is 0 Å². The molecule has 3 nitrogen and oxygen atoms in total. The zero-order valence-electron chi connectivity index (χ0n) is 8.84. The van der Waals surface area contributed by atoms with Crippen molar-refractivity contribution in [1.82, 2.24) is 0 Å². The van der Waals surface area contributed by atoms with Crippen molar-refractivity contribution in [2.45, 2.75) is 4.90 Å². The van der Waals surface area contributed by atoms with E-state index in [-0.39, 0.29) is 16.0 Å². The molecule has 0 aliphatic heterocycles. The minimum atomic E-state index is -3.15. The third-order valence-electron chi connectivity index (χ3n) is 1.78. The number of ether oxygens (including phenoxy) is 1. The van der Waals surface area contributed by atoms with Crippen LogP contribution in [0.15, 0.2) is 35.2 Å². The van der Waals surface area contributed by atoms with Gasteiger partial charge in [0.1, 0.15) is 6.26 Å². The van der Waals surface area contributed by atoms with E-state index in [0.29, 0.717) is 10.8 Å². The predicted molar refractivity (Wildman–Crippen MR) is 63.7 cm³/mol. The van der Waals surface area contributed by atoms with Gasteiger partial charge in [-0.25, -0.2) is 8.42 Å². The fourth-order valence-corrected chi connectivity index (χ4v) is 5.11. The van der Waals surface area contributed by atoms with Crippen molar-refractivity contribution in [2.75, 3.05) is 24.4 Å². The molecule has 1 rings (SSSR count). The molecule has 15 heavy (non-hydrogen) atoms. The highest BCUT2D eigenvalue weighted by atomic mass is 32.3. The maximum absolute atomic E-state index is 11.9. The Morgan fingerprint density at radius 3 is 2.40 bits per heavy atom. The summed E-state index contributed by atoms with van der Waals surface area (Å²) in [6.45, 7) is 0. The van der Waals surface area contributed by atoms with Crippen molar-refractivity contribution in [2.24, 2.45) is 0 Å². The van der Waals surface area contributed by atoms with Gasteiger partial charge in [-0.1, -0.05) is 18.2 Å². The summed E-state index contributed by atoms with van der Waals surface area (Å²) in [5.74, 6) is 0.492. The molecule has 1 atom stereocenters. The molecule has 1 aromatic rings. The molecular weight excluding hydrogens is 232 g/mol. The van der Waals surface area contributed by atoms with Crippen molar-refractivity contribution in [3.63, 3.8) is 0 Å². The van der Waals surface area contributed by atoms with Crippen molar-refractivity contribution in [1.29, 1.82) is 0 Å². The lowest BCUT2D eigenvalue weighted by Gasteiger charge is -2.04. The first kappa shape index (κ1) is 12.5. The van der Waals surface area contributed by atoms with Crippen LogP contribution in [0.2, 0.25) is 0 Å². The minimum Gasteiger partial charge on any atom is -0.339 e. The monoisotopic (exact) mass is 247 g/mol. The molecule has 0 spiro atoms. The summed E-state index contributed by atoms with van der Waals surface area (Å²) in [5.41, 5.74) is 0. The highest BCUT2D eigenvalue weighted by Gasteiger charge is 2.24. The van der Waals surface area contributed by atoms with Gasteiger partial charge in [-0.2, -0.15) is 0 Å². The molecule has 84 valence electrons. The summed E-state index contributed by atoms with van der Waals surface area (Å²) >= 11 is 0. The summed E-state index contributed by atoms with van der Waals surface area (Å²) in [6, 6.07) is 8.52. The second kappa shape index (κ2) is 5.53. The van der Waals surface area contributed by atoms with Crippen LogP contribution in [-0.4, -0.2) is 32.8 Å². The van der Waals surface area contributed by atoms with Crippen molar-refractivity contribution >= 4 is 20.7 Å². The summed E-state index contributed by atoms with van der Waals surface area (Å²) in [6.07, 6.45) is 1.89. The van der Waals surface area contributed by atoms with E-state index in [0.717, 1.165) is 0 Å². The zero-order valence-corrected chi connectivity index (χ0v) is 10.5. The summed E-state index contributed by atoms with van der Waals surface area (Å²) < 4.78 is 28.7. The Kier molecular flexibility index (Phi) is 4.63. The second-order valence-corrected chi connectivity index (χ2v) is 7.68. The average Bonchev–Trinajstić information content (AvgIpc) is 2.18. The average molecular weight is 247 g/mol. The SMILES string of the molecule is COC[S+](C)CS(=O)(=O)c1ccccc1. The van der Waals surface area contributed by atoms with Gasteiger partial charge in [0.15, 0.2) is 0 Å². The Balaban J connectivity index is 2.77. The van der Waals surface area contributed by atoms with Gasteiger partial charge in [0.2, 0.25) is 20.9 Å². The topological polar surface area (TPSA) is 43.4 Å². The van der Waals surface area contributed by atoms with Gasteiger partial charge in [-0.15, -0.1) is 0 Å². The molecule has 0 aliphatic rings. The predicted octanol–water partition coefficient (Wildman–Crippen LogP) is 1.27. The summed E-state index contributed by atoms with van der Waals surface area (Å²) in [7, 11) is -1.82. The normalized spacial score (nSPS) is 13.7. The highest BCUT2D eigenvalue weighted by molar-refractivity contribution is 8.10. The standard InChI is InChI=1S/C10H15O3S2/c1-13-8-14(2)9-15(11,12)10-6-4-3-5-7-10/h3-7H,8-9H2,1-2H3/q+1. The lowest BCUT2D eigenvalue weighted by molar-refractivity contribution is 0.257. The van der Waals surface area contributed by atoms with E-state index < -0.39 is 9.84 Å². The first-order valence-electron chi connectivity index (χ1n) is 4.42. The lowest BCUT2D eigenvalue weighted by Crippen LogP contribution is -2.19. The van der Waals surface area contributed by atoms with Crippen LogP contribution in [0.4, 0.5) is 0 Å². The van der Waals surface area contributed by atoms with E-state index in [1.165, 1.54) is 0 Å². The van der Waals surface area contributed by atoms with Gasteiger partial charge >= 0.3 is 0 Å². The van der Waals surface area contributed by atoms with Crippen molar-refractivity contribution in [3.05, 3.63) is 30.3 Å². The molecular formula is C10H15O3S2+. The van der Waals surface area contributed by atoms with Crippen LogP contribution in [0.25, 0.3) is 0 Å². The number of sulfone groups is 1. The Morgan fingerprint density at radius 1 is 1.27 bits per heavy atom. The smallest absolute Gasteiger partial charge is 0.224 e. The van der Waals surface area contributed by atoms with Gasteiger partial charge in [-0.3, -0.25) is 0 Å². The Bertz CT molecular complexity index is 386. The zero-order chi connectivity index (χ0) is 11.3. The molecule has 0 amide bonds. The van der Waals surface area contributed by atoms with Gasteiger partial charge in [0.05, 0.1) is 4.90 Å². The Hall–Kier alpha value is -0.520. The van der Waals surface area contributed by atoms with E-state index in [1.807, 2.05) is 6.26 Å². The van der Waals surface area contributed by atoms with Crippen LogP contribution in [-0.2, 0) is 25.5 Å². The minimum absolute atomic E-state index is 0.158. The quantitative estimate of drug-likeness (QED) is 0.736. The van der Waals surface area contributed by atoms with Crippen LogP contribution >= 0.6 is 0 Å². The maximum Gasteiger partial charge on any atom is 0.224 e. The first-order chi connectivity index (χ1) is 7.06. The van der Waals surface area contributed by atoms with Crippen LogP contribution in [0.1, 0.15) is 0 Å². The van der Waals surface area contributed by atoms with Crippen molar-refractivity contribution < 1.29 is 13.2 Å². The molecule has 0 N–H and O–H groups in total. The second-order valence-electron chi connectivity index (χ2n) is 3.23. The molecule has 0 fully saturated rings. The van der Waals surface area contributed by atoms with E-state index >= 15 is 0 Å². The van der Waals surface area contributed by atoms with Crippen LogP contribution < -0.4 is 0 Å². The molecule has 0 aromatic heterocycles. The lowest BCUT2D eigenvalue weighted by atomic mass is 10.4. The largest absolute Gasteiger partial charge is 0.339 e. The van der Waals surface area contributed by atoms with Gasteiger partial charge in [0.25, 0.3) is 0 Å². The fraction of sp³-hybridized carbons (Fsp3) is 0.400. The summed E-state index contributed by atoms with van der Waals surface area (Å²) in [4.78, 5) is 0.389. The van der Waals surface area contributed by atoms with Crippen molar-refractivity contribution in [3.8, 4) is 0 Å². The van der Waals surface area contributed by atoms with E-state index in [9.17, 15) is 8.42 Å². The summed E-state index contributed by atoms with van der Waals surface area (Å²) in [5, 5.41) is 0.158. The number of methoxy groups -OCH3 is 1. The molecule has 0 radical (unpaired) electrons. The number of rotatable bonds is 5. The maximum atomic E-state index is 11.9. The molecule has 0 aliphatic carbocycles. The van der Waals surface area contributed by atoms with Gasteiger partial charge in [0, 0.05) is 18.0 Å². The molecule has 0 saturated heterocycles. The van der Waals surface area contributed by atoms with E-state index in [4.69, 9.17) is 4.74 Å². The molecule has 0 bridgehead atoms. The molecule has 5 heteroatoms. The number of benzene rings is 1. The van der Waals surface area contributed by atoms with Gasteiger partial charge < -0.3 is 4.74 Å². The van der Waals surface area contributed by atoms with Crippen LogP contribution in [0.5, 0.6) is 0 Å². The number of hydrogen-bond donors (Lipinski definition) is 0. The molecule has 0 heterocycles. The Labute approximate surface area is 93.7 Å². The fourth-order valence-electron chi connectivity index (χ4n) is 1.20. The third kappa shape index (κ3) is 3.85. The molecule has 1 unspecified atom stereocenters. The van der Waals surface area contributed by atoms with Crippen LogP contribution in [0.3, 0.4) is 0 Å². The van der Waals surface area contributed by atoms with E-state index in [1.54, 1.807) is 37.4 Å². The first-order valence-corrected chi connectivity index (χ1v) is 8.04. The third-order valence-corrected chi connectivity index (χ3v) is 6.26. The number of hydrogen-bond acceptors (Lipinski definition) is 3. The van der Waals surface area contributed by atoms with E-state index in [2.05, 4.69) is 0 Å². The highest BCUT2D eigenvalue weighted by Crippen LogP contribution is 2.12. The Morgan fingerprint density at radius 2 is 1.87 bits per heavy atom.